The van der Waals surface area contributed by atoms with E-state index in [4.69, 9.17) is 9.47 Å². The minimum Gasteiger partial charge on any atom is -0.494 e. The topological polar surface area (TPSA) is 104 Å². The molecule has 0 radical (unpaired) electrons. The van der Waals surface area contributed by atoms with Gasteiger partial charge < -0.3 is 9.47 Å². The Labute approximate surface area is 195 Å². The third kappa shape index (κ3) is 5.33. The van der Waals surface area contributed by atoms with Crippen molar-refractivity contribution in [3.63, 3.8) is 0 Å². The van der Waals surface area contributed by atoms with Gasteiger partial charge in [-0.1, -0.05) is 22.7 Å². The molecule has 4 aromatic rings. The van der Waals surface area contributed by atoms with Crippen LogP contribution in [-0.4, -0.2) is 22.4 Å². The van der Waals surface area contributed by atoms with Crippen LogP contribution in [0.3, 0.4) is 0 Å². The van der Waals surface area contributed by atoms with Crippen LogP contribution in [-0.2, 0) is 0 Å². The van der Waals surface area contributed by atoms with Gasteiger partial charge >= 0.3 is 5.00 Å². The number of thiazole rings is 1. The van der Waals surface area contributed by atoms with E-state index in [1.807, 2.05) is 19.1 Å². The van der Waals surface area contributed by atoms with Crippen molar-refractivity contribution >= 4 is 38.7 Å². The molecule has 2 aromatic carbocycles. The molecule has 8 nitrogen and oxygen atoms in total. The van der Waals surface area contributed by atoms with E-state index < -0.39 is 16.6 Å². The number of hydrogen-bond donors (Lipinski definition) is 1. The Bertz CT molecular complexity index is 1290. The Morgan fingerprint density at radius 3 is 2.39 bits per heavy atom. The third-order valence-electron chi connectivity index (χ3n) is 4.28. The molecule has 0 fully saturated rings. The lowest BCUT2D eigenvalue weighted by molar-refractivity contribution is -0.380. The standard InChI is InChI=1S/C22H16FN3O5S2/c1-2-30-15-7-3-13(4-8-15)19-21(31-16-9-5-14(23)6-10-16)33-22(24-19)25-20(27)17-11-12-18(32-17)26(28)29/h3-12H,2H2,1H3,(H,24,25,27). The van der Waals surface area contributed by atoms with E-state index in [-0.39, 0.29) is 15.0 Å². The average Bonchev–Trinajstić information content (AvgIpc) is 3.44. The second kappa shape index (κ2) is 9.76. The highest BCUT2D eigenvalue weighted by Gasteiger charge is 2.20. The lowest BCUT2D eigenvalue weighted by atomic mass is 10.1. The molecule has 11 heteroatoms. The highest BCUT2D eigenvalue weighted by atomic mass is 32.1. The fraction of sp³-hybridized carbons (Fsp3) is 0.0909. The summed E-state index contributed by atoms with van der Waals surface area (Å²) in [6.07, 6.45) is 0. The van der Waals surface area contributed by atoms with Crippen LogP contribution in [0, 0.1) is 15.9 Å². The molecule has 2 aromatic heterocycles. The summed E-state index contributed by atoms with van der Waals surface area (Å²) >= 11 is 1.86. The number of rotatable bonds is 8. The normalized spacial score (nSPS) is 10.6. The van der Waals surface area contributed by atoms with Gasteiger partial charge in [0.1, 0.15) is 23.0 Å². The number of amides is 1. The quantitative estimate of drug-likeness (QED) is 0.230. The maximum Gasteiger partial charge on any atom is 0.324 e. The van der Waals surface area contributed by atoms with Crippen LogP contribution in [0.5, 0.6) is 16.6 Å². The van der Waals surface area contributed by atoms with Crippen molar-refractivity contribution in [3.05, 3.63) is 81.5 Å². The number of nitrogens with zero attached hydrogens (tertiary/aromatic N) is 2. The highest BCUT2D eigenvalue weighted by molar-refractivity contribution is 7.19. The van der Waals surface area contributed by atoms with Crippen LogP contribution in [0.25, 0.3) is 11.3 Å². The molecule has 0 unspecified atom stereocenters. The fourth-order valence-electron chi connectivity index (χ4n) is 2.80. The highest BCUT2D eigenvalue weighted by Crippen LogP contribution is 2.41. The van der Waals surface area contributed by atoms with Crippen molar-refractivity contribution < 1.29 is 23.6 Å². The summed E-state index contributed by atoms with van der Waals surface area (Å²) in [4.78, 5) is 27.6. The molecule has 0 atom stereocenters. The van der Waals surface area contributed by atoms with Crippen molar-refractivity contribution in [2.24, 2.45) is 0 Å². The molecule has 0 aliphatic rings. The smallest absolute Gasteiger partial charge is 0.324 e. The van der Waals surface area contributed by atoms with E-state index in [0.717, 1.165) is 28.2 Å². The van der Waals surface area contributed by atoms with Gasteiger partial charge in [0.2, 0.25) is 5.06 Å². The maximum absolute atomic E-state index is 13.3. The molecule has 33 heavy (non-hydrogen) atoms. The van der Waals surface area contributed by atoms with Gasteiger partial charge in [0.05, 0.1) is 16.4 Å². The Morgan fingerprint density at radius 1 is 1.06 bits per heavy atom. The van der Waals surface area contributed by atoms with Gasteiger partial charge in [-0.15, -0.1) is 0 Å². The van der Waals surface area contributed by atoms with Gasteiger partial charge in [0.25, 0.3) is 5.91 Å². The molecule has 0 aliphatic heterocycles. The second-order valence-corrected chi connectivity index (χ2v) is 8.54. The summed E-state index contributed by atoms with van der Waals surface area (Å²) < 4.78 is 24.7. The van der Waals surface area contributed by atoms with Crippen LogP contribution in [0.2, 0.25) is 0 Å². The van der Waals surface area contributed by atoms with E-state index in [9.17, 15) is 19.3 Å². The molecule has 0 spiro atoms. The van der Waals surface area contributed by atoms with E-state index >= 15 is 0 Å². The van der Waals surface area contributed by atoms with Crippen molar-refractivity contribution in [1.82, 2.24) is 4.98 Å². The maximum atomic E-state index is 13.3. The molecule has 2 heterocycles. The lowest BCUT2D eigenvalue weighted by Crippen LogP contribution is -2.09. The summed E-state index contributed by atoms with van der Waals surface area (Å²) in [5.41, 5.74) is 1.19. The van der Waals surface area contributed by atoms with Gasteiger partial charge in [0.15, 0.2) is 5.13 Å². The number of carbonyl (C=O) groups excluding carboxylic acids is 1. The zero-order valence-electron chi connectivity index (χ0n) is 17.1. The molecule has 1 amide bonds. The number of carbonyl (C=O) groups is 1. The minimum atomic E-state index is -0.552. The lowest BCUT2D eigenvalue weighted by Gasteiger charge is -2.06. The summed E-state index contributed by atoms with van der Waals surface area (Å²) in [6, 6.07) is 15.4. The van der Waals surface area contributed by atoms with E-state index in [2.05, 4.69) is 10.3 Å². The summed E-state index contributed by atoms with van der Waals surface area (Å²) in [5, 5.41) is 14.0. The molecule has 1 N–H and O–H groups in total. The first-order valence-corrected chi connectivity index (χ1v) is 11.3. The van der Waals surface area contributed by atoms with Crippen molar-refractivity contribution in [2.45, 2.75) is 6.92 Å². The van der Waals surface area contributed by atoms with Crippen LogP contribution in [0.4, 0.5) is 14.5 Å². The predicted molar refractivity (Wildman–Crippen MR) is 124 cm³/mol. The molecule has 0 bridgehead atoms. The number of nitrogens with one attached hydrogen (secondary N) is 1. The minimum absolute atomic E-state index is 0.130. The Balaban J connectivity index is 1.63. The van der Waals surface area contributed by atoms with Crippen molar-refractivity contribution in [1.29, 1.82) is 0 Å². The zero-order valence-corrected chi connectivity index (χ0v) is 18.7. The first-order valence-electron chi connectivity index (χ1n) is 9.66. The first kappa shape index (κ1) is 22.4. The van der Waals surface area contributed by atoms with Crippen LogP contribution in [0.1, 0.15) is 16.6 Å². The molecule has 0 aliphatic carbocycles. The molecular formula is C22H16FN3O5S2. The number of hydrogen-bond acceptors (Lipinski definition) is 8. The zero-order chi connectivity index (χ0) is 23.4. The Morgan fingerprint density at radius 2 is 1.76 bits per heavy atom. The Kier molecular flexibility index (Phi) is 6.61. The number of nitro groups is 1. The molecule has 168 valence electrons. The van der Waals surface area contributed by atoms with Gasteiger partial charge in [-0.05, 0) is 61.5 Å². The molecule has 0 saturated heterocycles. The second-order valence-electron chi connectivity index (χ2n) is 6.52. The number of thiophene rings is 1. The van der Waals surface area contributed by atoms with Crippen LogP contribution in [0.15, 0.2) is 60.7 Å². The molecule has 0 saturated carbocycles. The Hall–Kier alpha value is -3.83. The third-order valence-corrected chi connectivity index (χ3v) is 6.16. The first-order chi connectivity index (χ1) is 15.9. The molecule has 4 rings (SSSR count). The van der Waals surface area contributed by atoms with Crippen LogP contribution >= 0.6 is 22.7 Å². The fourth-order valence-corrected chi connectivity index (χ4v) is 4.37. The van der Waals surface area contributed by atoms with E-state index in [0.29, 0.717) is 28.9 Å². The van der Waals surface area contributed by atoms with E-state index in [1.165, 1.54) is 36.4 Å². The number of aromatic nitrogens is 1. The largest absolute Gasteiger partial charge is 0.494 e. The van der Waals surface area contributed by atoms with Gasteiger partial charge in [0, 0.05) is 11.6 Å². The monoisotopic (exact) mass is 485 g/mol. The average molecular weight is 486 g/mol. The van der Waals surface area contributed by atoms with Crippen LogP contribution < -0.4 is 14.8 Å². The predicted octanol–water partition coefficient (Wildman–Crippen LogP) is 6.36. The van der Waals surface area contributed by atoms with Gasteiger partial charge in [-0.25, -0.2) is 9.37 Å². The summed E-state index contributed by atoms with van der Waals surface area (Å²) in [5.74, 6) is 0.189. The number of ether oxygens (including phenoxy) is 2. The summed E-state index contributed by atoms with van der Waals surface area (Å²) in [7, 11) is 0. The van der Waals surface area contributed by atoms with Crippen molar-refractivity contribution in [2.75, 3.05) is 11.9 Å². The van der Waals surface area contributed by atoms with Gasteiger partial charge in [-0.2, -0.15) is 0 Å². The number of halogens is 1. The van der Waals surface area contributed by atoms with E-state index in [1.54, 1.807) is 12.1 Å². The van der Waals surface area contributed by atoms with Crippen molar-refractivity contribution in [3.8, 4) is 27.8 Å². The number of anilines is 1. The number of benzene rings is 2. The SMILES string of the molecule is CCOc1ccc(-c2nc(NC(=O)c3ccc([N+](=O)[O-])s3)sc2Oc2ccc(F)cc2)cc1. The van der Waals surface area contributed by atoms with Gasteiger partial charge in [-0.3, -0.25) is 20.2 Å². The summed E-state index contributed by atoms with van der Waals surface area (Å²) in [6.45, 7) is 2.42. The molecular weight excluding hydrogens is 469 g/mol.